The standard InChI is InChI=1S/C16H16N4S2/c1-21-12-6-4-11(5-7-12)14-9-13(15-3-2-8-22-15)19-16-17-10-18-20(14)16/h2-8,10,13-14H,9H2,1H3,(H,17,18,19)/t13-,14-/m0/s1. The maximum Gasteiger partial charge on any atom is 0.222 e. The molecule has 0 spiro atoms. The highest BCUT2D eigenvalue weighted by atomic mass is 32.2. The Balaban J connectivity index is 1.71. The first-order chi connectivity index (χ1) is 10.8. The van der Waals surface area contributed by atoms with Gasteiger partial charge in [-0.3, -0.25) is 0 Å². The first-order valence-electron chi connectivity index (χ1n) is 7.18. The monoisotopic (exact) mass is 328 g/mol. The molecule has 1 aliphatic rings. The van der Waals surface area contributed by atoms with Crippen molar-refractivity contribution in [1.29, 1.82) is 0 Å². The van der Waals surface area contributed by atoms with Gasteiger partial charge < -0.3 is 5.32 Å². The number of aromatic nitrogens is 3. The average molecular weight is 328 g/mol. The number of hydrogen-bond donors (Lipinski definition) is 1. The second kappa shape index (κ2) is 5.78. The molecule has 0 saturated carbocycles. The van der Waals surface area contributed by atoms with Gasteiger partial charge in [0.1, 0.15) is 6.33 Å². The van der Waals surface area contributed by atoms with Gasteiger partial charge >= 0.3 is 0 Å². The lowest BCUT2D eigenvalue weighted by Gasteiger charge is -2.31. The number of thiophene rings is 1. The Bertz CT molecular complexity index is 749. The zero-order chi connectivity index (χ0) is 14.9. The molecule has 6 heteroatoms. The first kappa shape index (κ1) is 13.8. The van der Waals surface area contributed by atoms with Crippen molar-refractivity contribution in [1.82, 2.24) is 14.8 Å². The lowest BCUT2D eigenvalue weighted by molar-refractivity contribution is 0.433. The third kappa shape index (κ3) is 2.42. The number of rotatable bonds is 3. The van der Waals surface area contributed by atoms with Gasteiger partial charge in [-0.25, -0.2) is 4.68 Å². The quantitative estimate of drug-likeness (QED) is 0.732. The van der Waals surface area contributed by atoms with Crippen molar-refractivity contribution >= 4 is 29.0 Å². The summed E-state index contributed by atoms with van der Waals surface area (Å²) < 4.78 is 2.00. The van der Waals surface area contributed by atoms with E-state index >= 15 is 0 Å². The molecule has 4 nitrogen and oxygen atoms in total. The molecule has 2 atom stereocenters. The van der Waals surface area contributed by atoms with Crippen LogP contribution in [0.25, 0.3) is 0 Å². The van der Waals surface area contributed by atoms with Crippen LogP contribution < -0.4 is 5.32 Å². The summed E-state index contributed by atoms with van der Waals surface area (Å²) in [5, 5.41) is 10.0. The number of nitrogens with zero attached hydrogens (tertiary/aromatic N) is 3. The molecule has 0 amide bonds. The summed E-state index contributed by atoms with van der Waals surface area (Å²) in [5.41, 5.74) is 1.28. The number of anilines is 1. The summed E-state index contributed by atoms with van der Waals surface area (Å²) >= 11 is 3.55. The van der Waals surface area contributed by atoms with Gasteiger partial charge in [-0.05, 0) is 41.8 Å². The van der Waals surface area contributed by atoms with Crippen LogP contribution in [0.1, 0.15) is 28.9 Å². The van der Waals surface area contributed by atoms with E-state index in [-0.39, 0.29) is 6.04 Å². The molecule has 3 aromatic rings. The van der Waals surface area contributed by atoms with Crippen molar-refractivity contribution in [2.75, 3.05) is 11.6 Å². The summed E-state index contributed by atoms with van der Waals surface area (Å²) in [6, 6.07) is 13.6. The van der Waals surface area contributed by atoms with E-state index in [1.165, 1.54) is 15.3 Å². The van der Waals surface area contributed by atoms with Crippen molar-refractivity contribution in [2.24, 2.45) is 0 Å². The minimum atomic E-state index is 0.224. The van der Waals surface area contributed by atoms with E-state index in [0.717, 1.165) is 12.4 Å². The molecular formula is C16H16N4S2. The van der Waals surface area contributed by atoms with E-state index in [0.29, 0.717) is 6.04 Å². The van der Waals surface area contributed by atoms with E-state index < -0.39 is 0 Å². The average Bonchev–Trinajstić information content (AvgIpc) is 3.25. The Kier molecular flexibility index (Phi) is 3.63. The smallest absolute Gasteiger partial charge is 0.222 e. The molecule has 0 aliphatic carbocycles. The van der Waals surface area contributed by atoms with Gasteiger partial charge in [0.25, 0.3) is 0 Å². The largest absolute Gasteiger partial charge is 0.347 e. The summed E-state index contributed by atoms with van der Waals surface area (Å²) in [6.07, 6.45) is 4.71. The lowest BCUT2D eigenvalue weighted by Crippen LogP contribution is -2.27. The van der Waals surface area contributed by atoms with E-state index in [4.69, 9.17) is 0 Å². The highest BCUT2D eigenvalue weighted by molar-refractivity contribution is 7.98. The summed E-state index contributed by atoms with van der Waals surface area (Å²) in [7, 11) is 0. The van der Waals surface area contributed by atoms with Crippen LogP contribution in [0.2, 0.25) is 0 Å². The second-order valence-electron chi connectivity index (χ2n) is 5.27. The molecule has 1 aliphatic heterocycles. The zero-order valence-corrected chi connectivity index (χ0v) is 13.8. The van der Waals surface area contributed by atoms with E-state index in [1.54, 1.807) is 29.4 Å². The molecule has 2 aromatic heterocycles. The minimum absolute atomic E-state index is 0.224. The van der Waals surface area contributed by atoms with E-state index in [1.807, 2.05) is 4.68 Å². The van der Waals surface area contributed by atoms with Crippen molar-refractivity contribution in [2.45, 2.75) is 23.4 Å². The predicted molar refractivity (Wildman–Crippen MR) is 91.7 cm³/mol. The number of thioether (sulfide) groups is 1. The molecule has 4 rings (SSSR count). The molecule has 1 N–H and O–H groups in total. The topological polar surface area (TPSA) is 42.7 Å². The van der Waals surface area contributed by atoms with Gasteiger partial charge in [-0.2, -0.15) is 10.1 Å². The third-order valence-corrected chi connectivity index (χ3v) is 5.75. The maximum absolute atomic E-state index is 4.41. The van der Waals surface area contributed by atoms with Gasteiger partial charge in [-0.15, -0.1) is 23.1 Å². The van der Waals surface area contributed by atoms with Crippen molar-refractivity contribution in [3.8, 4) is 0 Å². The molecule has 0 fully saturated rings. The van der Waals surface area contributed by atoms with E-state index in [2.05, 4.69) is 63.4 Å². The van der Waals surface area contributed by atoms with E-state index in [9.17, 15) is 0 Å². The van der Waals surface area contributed by atoms with Crippen LogP contribution in [0.4, 0.5) is 5.95 Å². The normalized spacial score (nSPS) is 20.4. The fraction of sp³-hybridized carbons (Fsp3) is 0.250. The Morgan fingerprint density at radius 2 is 2.14 bits per heavy atom. The van der Waals surface area contributed by atoms with Crippen LogP contribution in [0.3, 0.4) is 0 Å². The first-order valence-corrected chi connectivity index (χ1v) is 9.29. The Morgan fingerprint density at radius 3 is 2.86 bits per heavy atom. The Hall–Kier alpha value is -1.79. The molecule has 112 valence electrons. The van der Waals surface area contributed by atoms with Crippen LogP contribution >= 0.6 is 23.1 Å². The van der Waals surface area contributed by atoms with Gasteiger partial charge in [0, 0.05) is 9.77 Å². The van der Waals surface area contributed by atoms with Crippen LogP contribution in [0.15, 0.2) is 53.0 Å². The van der Waals surface area contributed by atoms with Gasteiger partial charge in [0.05, 0.1) is 12.1 Å². The molecule has 3 heterocycles. The molecule has 0 saturated heterocycles. The lowest BCUT2D eigenvalue weighted by atomic mass is 9.97. The Labute approximate surface area is 137 Å². The van der Waals surface area contributed by atoms with Crippen molar-refractivity contribution in [3.05, 3.63) is 58.5 Å². The molecule has 0 bridgehead atoms. The Morgan fingerprint density at radius 1 is 1.27 bits per heavy atom. The SMILES string of the molecule is CSc1ccc([C@@H]2C[C@@H](c3cccs3)Nc3ncnn32)cc1. The third-order valence-electron chi connectivity index (χ3n) is 4.02. The zero-order valence-electron chi connectivity index (χ0n) is 12.1. The highest BCUT2D eigenvalue weighted by Crippen LogP contribution is 2.38. The summed E-state index contributed by atoms with van der Waals surface area (Å²) in [4.78, 5) is 7.00. The van der Waals surface area contributed by atoms with Crippen molar-refractivity contribution in [3.63, 3.8) is 0 Å². The molecular weight excluding hydrogens is 312 g/mol. The predicted octanol–water partition coefficient (Wildman–Crippen LogP) is 4.21. The number of hydrogen-bond acceptors (Lipinski definition) is 5. The number of benzene rings is 1. The van der Waals surface area contributed by atoms with Gasteiger partial charge in [0.15, 0.2) is 0 Å². The van der Waals surface area contributed by atoms with Gasteiger partial charge in [0.2, 0.25) is 5.95 Å². The fourth-order valence-electron chi connectivity index (χ4n) is 2.90. The summed E-state index contributed by atoms with van der Waals surface area (Å²) in [6.45, 7) is 0. The minimum Gasteiger partial charge on any atom is -0.347 e. The second-order valence-corrected chi connectivity index (χ2v) is 7.12. The van der Waals surface area contributed by atoms with Crippen LogP contribution in [-0.4, -0.2) is 21.0 Å². The molecule has 22 heavy (non-hydrogen) atoms. The number of fused-ring (bicyclic) bond motifs is 1. The van der Waals surface area contributed by atoms with Crippen LogP contribution in [0, 0.1) is 0 Å². The highest BCUT2D eigenvalue weighted by Gasteiger charge is 2.30. The molecule has 1 aromatic carbocycles. The van der Waals surface area contributed by atoms with Crippen LogP contribution in [0.5, 0.6) is 0 Å². The van der Waals surface area contributed by atoms with Gasteiger partial charge in [-0.1, -0.05) is 18.2 Å². The fourth-order valence-corrected chi connectivity index (χ4v) is 4.10. The molecule has 0 unspecified atom stereocenters. The molecule has 0 radical (unpaired) electrons. The number of nitrogens with one attached hydrogen (secondary N) is 1. The van der Waals surface area contributed by atoms with Crippen molar-refractivity contribution < 1.29 is 0 Å². The maximum atomic E-state index is 4.41. The van der Waals surface area contributed by atoms with Crippen LogP contribution in [-0.2, 0) is 0 Å². The summed E-state index contributed by atoms with van der Waals surface area (Å²) in [5.74, 6) is 0.851.